The maximum atomic E-state index is 12.6. The van der Waals surface area contributed by atoms with Crippen molar-refractivity contribution in [2.75, 3.05) is 0 Å². The van der Waals surface area contributed by atoms with Gasteiger partial charge >= 0.3 is 0 Å². The van der Waals surface area contributed by atoms with Crippen molar-refractivity contribution >= 4 is 17.3 Å². The summed E-state index contributed by atoms with van der Waals surface area (Å²) in [5, 5.41) is 0. The molecule has 23 heavy (non-hydrogen) atoms. The van der Waals surface area contributed by atoms with Crippen molar-refractivity contribution in [1.82, 2.24) is 0 Å². The summed E-state index contributed by atoms with van der Waals surface area (Å²) in [6.07, 6.45) is 1.15. The summed E-state index contributed by atoms with van der Waals surface area (Å²) < 4.78 is 0. The van der Waals surface area contributed by atoms with E-state index in [-0.39, 0.29) is 23.3 Å². The Hall–Kier alpha value is -2.55. The van der Waals surface area contributed by atoms with Gasteiger partial charge in [0.05, 0.1) is 5.92 Å². The van der Waals surface area contributed by atoms with E-state index >= 15 is 0 Å². The van der Waals surface area contributed by atoms with Gasteiger partial charge in [-0.15, -0.1) is 0 Å². The zero-order chi connectivity index (χ0) is 16.2. The molecule has 0 bridgehead atoms. The van der Waals surface area contributed by atoms with Gasteiger partial charge in [-0.05, 0) is 12.8 Å². The van der Waals surface area contributed by atoms with Crippen molar-refractivity contribution in [3.63, 3.8) is 0 Å². The first-order chi connectivity index (χ1) is 11.2. The van der Waals surface area contributed by atoms with Gasteiger partial charge in [0.25, 0.3) is 0 Å². The molecule has 3 nitrogen and oxygen atoms in total. The van der Waals surface area contributed by atoms with Crippen LogP contribution in [0.5, 0.6) is 0 Å². The molecule has 2 unspecified atom stereocenters. The van der Waals surface area contributed by atoms with Crippen LogP contribution < -0.4 is 0 Å². The van der Waals surface area contributed by atoms with E-state index in [4.69, 9.17) is 0 Å². The predicted molar refractivity (Wildman–Crippen MR) is 87.4 cm³/mol. The standard InChI is InChI=1S/C20H18O3/c21-18-12-11-16(19(22)14-7-3-1-4-8-14)13-17(18)20(23)15-9-5-2-6-10-15/h1-10,16-17H,11-13H2. The second-order valence-electron chi connectivity index (χ2n) is 5.95. The van der Waals surface area contributed by atoms with Crippen LogP contribution in [0.3, 0.4) is 0 Å². The highest BCUT2D eigenvalue weighted by molar-refractivity contribution is 6.12. The molecule has 2 aromatic carbocycles. The third kappa shape index (κ3) is 3.29. The number of carbonyl (C=O) groups excluding carboxylic acids is 3. The Labute approximate surface area is 135 Å². The Kier molecular flexibility index (Phi) is 4.47. The quantitative estimate of drug-likeness (QED) is 0.638. The number of ketones is 3. The SMILES string of the molecule is O=C(c1ccccc1)C1CCC(=O)C(C(=O)c2ccccc2)C1. The Morgan fingerprint density at radius 2 is 1.30 bits per heavy atom. The lowest BCUT2D eigenvalue weighted by Gasteiger charge is -2.26. The van der Waals surface area contributed by atoms with Gasteiger partial charge in [-0.1, -0.05) is 60.7 Å². The number of carbonyl (C=O) groups is 3. The molecule has 116 valence electrons. The molecule has 0 saturated heterocycles. The van der Waals surface area contributed by atoms with E-state index in [1.165, 1.54) is 0 Å². The van der Waals surface area contributed by atoms with Crippen molar-refractivity contribution in [1.29, 1.82) is 0 Å². The van der Waals surface area contributed by atoms with E-state index in [2.05, 4.69) is 0 Å². The Morgan fingerprint density at radius 3 is 1.87 bits per heavy atom. The number of rotatable bonds is 4. The molecule has 0 heterocycles. The molecule has 0 amide bonds. The van der Waals surface area contributed by atoms with Crippen LogP contribution in [0, 0.1) is 11.8 Å². The van der Waals surface area contributed by atoms with Crippen molar-refractivity contribution in [2.24, 2.45) is 11.8 Å². The van der Waals surface area contributed by atoms with Crippen LogP contribution in [-0.2, 0) is 4.79 Å². The molecule has 0 aliphatic heterocycles. The summed E-state index contributed by atoms with van der Waals surface area (Å²) >= 11 is 0. The van der Waals surface area contributed by atoms with Crippen LogP contribution in [0.2, 0.25) is 0 Å². The van der Waals surface area contributed by atoms with Crippen LogP contribution in [0.25, 0.3) is 0 Å². The van der Waals surface area contributed by atoms with Gasteiger partial charge in [0.2, 0.25) is 0 Å². The van der Waals surface area contributed by atoms with E-state index < -0.39 is 5.92 Å². The van der Waals surface area contributed by atoms with Crippen molar-refractivity contribution in [2.45, 2.75) is 19.3 Å². The van der Waals surface area contributed by atoms with E-state index in [1.807, 2.05) is 24.3 Å². The van der Waals surface area contributed by atoms with E-state index in [0.29, 0.717) is 30.4 Å². The minimum atomic E-state index is -0.691. The maximum Gasteiger partial charge on any atom is 0.173 e. The summed E-state index contributed by atoms with van der Waals surface area (Å²) in [7, 11) is 0. The van der Waals surface area contributed by atoms with Crippen LogP contribution >= 0.6 is 0 Å². The fourth-order valence-corrected chi connectivity index (χ4v) is 3.16. The maximum absolute atomic E-state index is 12.6. The van der Waals surface area contributed by atoms with Gasteiger partial charge < -0.3 is 0 Å². The molecule has 0 spiro atoms. The van der Waals surface area contributed by atoms with Crippen molar-refractivity contribution < 1.29 is 14.4 Å². The smallest absolute Gasteiger partial charge is 0.173 e. The first-order valence-electron chi connectivity index (χ1n) is 7.88. The Morgan fingerprint density at radius 1 is 0.783 bits per heavy atom. The minimum Gasteiger partial charge on any atom is -0.299 e. The molecule has 1 saturated carbocycles. The van der Waals surface area contributed by atoms with Crippen molar-refractivity contribution in [3.05, 3.63) is 71.8 Å². The van der Waals surface area contributed by atoms with E-state index in [9.17, 15) is 14.4 Å². The number of hydrogen-bond donors (Lipinski definition) is 0. The second kappa shape index (κ2) is 6.69. The largest absolute Gasteiger partial charge is 0.299 e. The number of Topliss-reactive ketones (excluding diaryl/α,β-unsaturated/α-hetero) is 3. The summed E-state index contributed by atoms with van der Waals surface area (Å²) in [6, 6.07) is 17.9. The fraction of sp³-hybridized carbons (Fsp3) is 0.250. The molecular weight excluding hydrogens is 288 g/mol. The molecule has 3 heteroatoms. The molecule has 0 radical (unpaired) electrons. The van der Waals surface area contributed by atoms with E-state index in [1.54, 1.807) is 36.4 Å². The fourth-order valence-electron chi connectivity index (χ4n) is 3.16. The lowest BCUT2D eigenvalue weighted by molar-refractivity contribution is -0.123. The van der Waals surface area contributed by atoms with Gasteiger partial charge in [0.15, 0.2) is 11.6 Å². The zero-order valence-electron chi connectivity index (χ0n) is 12.8. The van der Waals surface area contributed by atoms with Crippen molar-refractivity contribution in [3.8, 4) is 0 Å². The lowest BCUT2D eigenvalue weighted by Crippen LogP contribution is -2.34. The highest BCUT2D eigenvalue weighted by Crippen LogP contribution is 2.31. The highest BCUT2D eigenvalue weighted by Gasteiger charge is 2.37. The summed E-state index contributed by atoms with van der Waals surface area (Å²) in [6.45, 7) is 0. The molecule has 2 atom stereocenters. The molecule has 0 aromatic heterocycles. The van der Waals surface area contributed by atoms with Crippen LogP contribution in [-0.4, -0.2) is 17.3 Å². The zero-order valence-corrected chi connectivity index (χ0v) is 12.8. The van der Waals surface area contributed by atoms with Gasteiger partial charge in [-0.25, -0.2) is 0 Å². The average Bonchev–Trinajstić information content (AvgIpc) is 2.62. The second-order valence-corrected chi connectivity index (χ2v) is 5.95. The Bertz CT molecular complexity index is 719. The molecule has 1 aliphatic rings. The van der Waals surface area contributed by atoms with E-state index in [0.717, 1.165) is 0 Å². The molecular formula is C20H18O3. The van der Waals surface area contributed by atoms with Gasteiger partial charge in [-0.2, -0.15) is 0 Å². The first kappa shape index (κ1) is 15.3. The summed E-state index contributed by atoms with van der Waals surface area (Å²) in [4.78, 5) is 37.4. The molecule has 1 fully saturated rings. The highest BCUT2D eigenvalue weighted by atomic mass is 16.2. The summed E-state index contributed by atoms with van der Waals surface area (Å²) in [5.41, 5.74) is 1.19. The minimum absolute atomic E-state index is 0.0314. The molecule has 0 N–H and O–H groups in total. The van der Waals surface area contributed by atoms with Crippen LogP contribution in [0.1, 0.15) is 40.0 Å². The van der Waals surface area contributed by atoms with Gasteiger partial charge in [0, 0.05) is 23.5 Å². The topological polar surface area (TPSA) is 51.2 Å². The predicted octanol–water partition coefficient (Wildman–Crippen LogP) is 3.74. The van der Waals surface area contributed by atoms with Gasteiger partial charge in [-0.3, -0.25) is 14.4 Å². The van der Waals surface area contributed by atoms with Gasteiger partial charge in [0.1, 0.15) is 5.78 Å². The lowest BCUT2D eigenvalue weighted by atomic mass is 9.74. The third-order valence-corrected chi connectivity index (χ3v) is 4.45. The third-order valence-electron chi connectivity index (χ3n) is 4.45. The molecule has 2 aromatic rings. The molecule has 1 aliphatic carbocycles. The first-order valence-corrected chi connectivity index (χ1v) is 7.88. The monoisotopic (exact) mass is 306 g/mol. The summed E-state index contributed by atoms with van der Waals surface area (Å²) in [5.74, 6) is -1.13. The normalized spacial score (nSPS) is 21.0. The van der Waals surface area contributed by atoms with Crippen LogP contribution in [0.4, 0.5) is 0 Å². The van der Waals surface area contributed by atoms with Crippen LogP contribution in [0.15, 0.2) is 60.7 Å². The number of benzene rings is 2. The number of hydrogen-bond acceptors (Lipinski definition) is 3. The Balaban J connectivity index is 1.78. The molecule has 3 rings (SSSR count). The average molecular weight is 306 g/mol.